The van der Waals surface area contributed by atoms with Crippen molar-refractivity contribution >= 4 is 21.7 Å². The monoisotopic (exact) mass is 309 g/mol. The van der Waals surface area contributed by atoms with Gasteiger partial charge in [-0.15, -0.1) is 0 Å². The summed E-state index contributed by atoms with van der Waals surface area (Å²) in [5.74, 6) is -1.96. The highest BCUT2D eigenvalue weighted by Gasteiger charge is 2.13. The zero-order valence-corrected chi connectivity index (χ0v) is 11.6. The summed E-state index contributed by atoms with van der Waals surface area (Å²) in [5, 5.41) is 8.87. The van der Waals surface area contributed by atoms with Crippen molar-refractivity contribution < 1.29 is 22.7 Å². The molecule has 5 nitrogen and oxygen atoms in total. The Bertz CT molecular complexity index is 757. The first-order valence-electron chi connectivity index (χ1n) is 5.94. The zero-order chi connectivity index (χ0) is 15.5. The van der Waals surface area contributed by atoms with Gasteiger partial charge >= 0.3 is 5.97 Å². The molecule has 0 amide bonds. The number of benzene rings is 2. The van der Waals surface area contributed by atoms with Gasteiger partial charge in [0.1, 0.15) is 5.82 Å². The first kappa shape index (κ1) is 15.0. The third-order valence-corrected chi connectivity index (χ3v) is 3.91. The molecule has 0 fully saturated rings. The van der Waals surface area contributed by atoms with Crippen molar-refractivity contribution in [2.75, 3.05) is 4.72 Å². The van der Waals surface area contributed by atoms with Crippen LogP contribution >= 0.6 is 0 Å². The molecule has 21 heavy (non-hydrogen) atoms. The fourth-order valence-electron chi connectivity index (χ4n) is 1.75. The summed E-state index contributed by atoms with van der Waals surface area (Å²) in [4.78, 5) is 10.8. The van der Waals surface area contributed by atoms with Crippen molar-refractivity contribution in [3.05, 3.63) is 65.5 Å². The quantitative estimate of drug-likeness (QED) is 0.888. The SMILES string of the molecule is O=C(O)c1cccc(CS(=O)(=O)Nc2ccc(F)cc2)c1. The molecule has 0 aromatic heterocycles. The third-order valence-electron chi connectivity index (χ3n) is 2.65. The van der Waals surface area contributed by atoms with E-state index < -0.39 is 21.8 Å². The van der Waals surface area contributed by atoms with Crippen LogP contribution in [-0.2, 0) is 15.8 Å². The van der Waals surface area contributed by atoms with Gasteiger partial charge in [0.2, 0.25) is 10.0 Å². The summed E-state index contributed by atoms with van der Waals surface area (Å²) in [6.07, 6.45) is 0. The molecule has 0 unspecified atom stereocenters. The molecule has 0 bridgehead atoms. The van der Waals surface area contributed by atoms with Gasteiger partial charge in [0.15, 0.2) is 0 Å². The average molecular weight is 309 g/mol. The summed E-state index contributed by atoms with van der Waals surface area (Å²) in [6.45, 7) is 0. The summed E-state index contributed by atoms with van der Waals surface area (Å²) in [7, 11) is -3.71. The van der Waals surface area contributed by atoms with Gasteiger partial charge in [0.05, 0.1) is 11.3 Å². The lowest BCUT2D eigenvalue weighted by molar-refractivity contribution is 0.0696. The molecule has 0 saturated carbocycles. The van der Waals surface area contributed by atoms with E-state index in [1.165, 1.54) is 36.4 Å². The standard InChI is InChI=1S/C14H12FNO4S/c15-12-4-6-13(7-5-12)16-21(19,20)9-10-2-1-3-11(8-10)14(17)18/h1-8,16H,9H2,(H,17,18). The van der Waals surface area contributed by atoms with Crippen molar-refractivity contribution in [3.8, 4) is 0 Å². The van der Waals surface area contributed by atoms with Crippen LogP contribution < -0.4 is 4.72 Å². The van der Waals surface area contributed by atoms with E-state index in [0.29, 0.717) is 5.56 Å². The van der Waals surface area contributed by atoms with E-state index in [4.69, 9.17) is 5.11 Å². The molecule has 7 heteroatoms. The molecule has 0 aliphatic heterocycles. The number of aromatic carboxylic acids is 1. The van der Waals surface area contributed by atoms with E-state index in [0.717, 1.165) is 12.1 Å². The Balaban J connectivity index is 2.15. The van der Waals surface area contributed by atoms with E-state index in [1.54, 1.807) is 0 Å². The molecular formula is C14H12FNO4S. The number of halogens is 1. The van der Waals surface area contributed by atoms with Gasteiger partial charge < -0.3 is 5.11 Å². The first-order chi connectivity index (χ1) is 9.85. The molecule has 2 aromatic rings. The number of carboxylic acid groups (broad SMARTS) is 1. The molecule has 2 rings (SSSR count). The number of hydrogen-bond acceptors (Lipinski definition) is 3. The number of hydrogen-bond donors (Lipinski definition) is 2. The molecule has 0 aliphatic carbocycles. The van der Waals surface area contributed by atoms with Gasteiger partial charge in [-0.2, -0.15) is 0 Å². The highest BCUT2D eigenvalue weighted by Crippen LogP contribution is 2.14. The predicted molar refractivity (Wildman–Crippen MR) is 76.0 cm³/mol. The molecule has 110 valence electrons. The van der Waals surface area contributed by atoms with Crippen LogP contribution in [0.1, 0.15) is 15.9 Å². The van der Waals surface area contributed by atoms with Crippen LogP contribution in [0.3, 0.4) is 0 Å². The molecule has 0 aliphatic rings. The normalized spacial score (nSPS) is 11.1. The fourth-order valence-corrected chi connectivity index (χ4v) is 2.93. The largest absolute Gasteiger partial charge is 0.478 e. The summed E-state index contributed by atoms with van der Waals surface area (Å²) >= 11 is 0. The number of carbonyl (C=O) groups is 1. The van der Waals surface area contributed by atoms with Crippen LogP contribution in [0.4, 0.5) is 10.1 Å². The Kier molecular flexibility index (Phi) is 4.23. The Morgan fingerprint density at radius 3 is 2.43 bits per heavy atom. The number of nitrogens with one attached hydrogen (secondary N) is 1. The molecular weight excluding hydrogens is 297 g/mol. The topological polar surface area (TPSA) is 83.5 Å². The Morgan fingerprint density at radius 1 is 1.14 bits per heavy atom. The zero-order valence-electron chi connectivity index (χ0n) is 10.8. The van der Waals surface area contributed by atoms with E-state index in [-0.39, 0.29) is 17.0 Å². The smallest absolute Gasteiger partial charge is 0.335 e. The minimum atomic E-state index is -3.71. The maximum absolute atomic E-state index is 12.8. The average Bonchev–Trinajstić information content (AvgIpc) is 2.41. The van der Waals surface area contributed by atoms with Gasteiger partial charge in [0.25, 0.3) is 0 Å². The van der Waals surface area contributed by atoms with Crippen molar-refractivity contribution in [2.24, 2.45) is 0 Å². The Morgan fingerprint density at radius 2 is 1.81 bits per heavy atom. The molecule has 0 spiro atoms. The lowest BCUT2D eigenvalue weighted by Gasteiger charge is -2.08. The molecule has 0 radical (unpaired) electrons. The highest BCUT2D eigenvalue weighted by molar-refractivity contribution is 7.91. The first-order valence-corrected chi connectivity index (χ1v) is 7.59. The second-order valence-electron chi connectivity index (χ2n) is 4.37. The van der Waals surface area contributed by atoms with Crippen molar-refractivity contribution in [2.45, 2.75) is 5.75 Å². The van der Waals surface area contributed by atoms with Crippen molar-refractivity contribution in [1.29, 1.82) is 0 Å². The Labute approximate surface area is 121 Å². The molecule has 2 aromatic carbocycles. The number of sulfonamides is 1. The van der Waals surface area contributed by atoms with Gasteiger partial charge in [-0.1, -0.05) is 12.1 Å². The molecule has 2 N–H and O–H groups in total. The van der Waals surface area contributed by atoms with E-state index in [9.17, 15) is 17.6 Å². The highest BCUT2D eigenvalue weighted by atomic mass is 32.2. The van der Waals surface area contributed by atoms with E-state index >= 15 is 0 Å². The van der Waals surface area contributed by atoms with Gasteiger partial charge in [0, 0.05) is 5.69 Å². The third kappa shape index (κ3) is 4.28. The lowest BCUT2D eigenvalue weighted by atomic mass is 10.1. The van der Waals surface area contributed by atoms with Gasteiger partial charge in [-0.05, 0) is 42.0 Å². The van der Waals surface area contributed by atoms with Crippen LogP contribution in [-0.4, -0.2) is 19.5 Å². The number of anilines is 1. The van der Waals surface area contributed by atoms with Gasteiger partial charge in [-0.3, -0.25) is 4.72 Å². The maximum Gasteiger partial charge on any atom is 0.335 e. The second-order valence-corrected chi connectivity index (χ2v) is 6.10. The van der Waals surface area contributed by atoms with Crippen LogP contribution in [0.25, 0.3) is 0 Å². The summed E-state index contributed by atoms with van der Waals surface area (Å²) in [6, 6.07) is 10.6. The van der Waals surface area contributed by atoms with Crippen LogP contribution in [0.15, 0.2) is 48.5 Å². The second kappa shape index (κ2) is 5.92. The number of rotatable bonds is 5. The molecule has 0 saturated heterocycles. The minimum absolute atomic E-state index is 0.0180. The Hall–Kier alpha value is -2.41. The van der Waals surface area contributed by atoms with Crippen molar-refractivity contribution in [3.63, 3.8) is 0 Å². The maximum atomic E-state index is 12.8. The number of carboxylic acids is 1. The predicted octanol–water partition coefficient (Wildman–Crippen LogP) is 2.47. The van der Waals surface area contributed by atoms with E-state index in [1.807, 2.05) is 0 Å². The fraction of sp³-hybridized carbons (Fsp3) is 0.0714. The van der Waals surface area contributed by atoms with E-state index in [2.05, 4.69) is 4.72 Å². The van der Waals surface area contributed by atoms with Gasteiger partial charge in [-0.25, -0.2) is 17.6 Å². The van der Waals surface area contributed by atoms with Crippen LogP contribution in [0, 0.1) is 5.82 Å². The van der Waals surface area contributed by atoms with Crippen molar-refractivity contribution in [1.82, 2.24) is 0 Å². The lowest BCUT2D eigenvalue weighted by Crippen LogP contribution is -2.15. The summed E-state index contributed by atoms with van der Waals surface area (Å²) in [5.41, 5.74) is 0.611. The molecule has 0 heterocycles. The minimum Gasteiger partial charge on any atom is -0.478 e. The molecule has 0 atom stereocenters. The van der Waals surface area contributed by atoms with Crippen LogP contribution in [0.5, 0.6) is 0 Å². The summed E-state index contributed by atoms with van der Waals surface area (Å²) < 4.78 is 39.0. The van der Waals surface area contributed by atoms with Crippen LogP contribution in [0.2, 0.25) is 0 Å².